The number of hydrogen-bond donors (Lipinski definition) is 0. The summed E-state index contributed by atoms with van der Waals surface area (Å²) < 4.78 is 0. The Morgan fingerprint density at radius 1 is 0.158 bits per heavy atom. The lowest BCUT2D eigenvalue weighted by molar-refractivity contribution is 1.46. The minimum atomic E-state index is 1.23. The fourth-order valence-electron chi connectivity index (χ4n) is 7.37. The molecule has 0 N–H and O–H groups in total. The van der Waals surface area contributed by atoms with Gasteiger partial charge in [-0.25, -0.2) is 0 Å². The van der Waals surface area contributed by atoms with Crippen LogP contribution in [0.15, 0.2) is 224 Å². The van der Waals surface area contributed by atoms with Crippen molar-refractivity contribution < 1.29 is 0 Å². The van der Waals surface area contributed by atoms with Crippen LogP contribution in [0.2, 0.25) is 0 Å². The summed E-state index contributed by atoms with van der Waals surface area (Å²) in [4.78, 5) is 0. The number of rotatable bonds is 7. The Bertz CT molecular complexity index is 2720. The van der Waals surface area contributed by atoms with E-state index >= 15 is 0 Å². The SMILES string of the molecule is Cc1ccc(-c2cccc(-c3cccc(-c4ccc(-c5ccccc5)cc4)c3)c2)cc1.Cc1cccc(-c2ccc(-c3cccc(-c4cccc(C)c4)c3)cc2)c1. The molecule has 0 radical (unpaired) electrons. The highest BCUT2D eigenvalue weighted by molar-refractivity contribution is 5.79. The number of benzene rings is 9. The van der Waals surface area contributed by atoms with Gasteiger partial charge in [-0.3, -0.25) is 0 Å². The van der Waals surface area contributed by atoms with Gasteiger partial charge in [-0.05, 0) is 117 Å². The molecule has 0 aliphatic carbocycles. The first-order chi connectivity index (χ1) is 27.9. The maximum absolute atomic E-state index is 2.28. The molecule has 9 rings (SSSR count). The van der Waals surface area contributed by atoms with Crippen LogP contribution in [0.5, 0.6) is 0 Å². The molecule has 0 heterocycles. The Hall–Kier alpha value is -7.02. The van der Waals surface area contributed by atoms with E-state index in [1.54, 1.807) is 0 Å². The Labute approximate surface area is 338 Å². The van der Waals surface area contributed by atoms with Crippen molar-refractivity contribution in [2.75, 3.05) is 0 Å². The highest BCUT2D eigenvalue weighted by Crippen LogP contribution is 2.32. The van der Waals surface area contributed by atoms with Gasteiger partial charge in [-0.2, -0.15) is 0 Å². The standard InChI is InChI=1S/C31H24.C26H22/c1-23-13-15-26(16-14-23)28-9-5-11-30(21-28)31-12-6-10-29(22-31)27-19-17-25(18-20-27)24-7-3-2-4-8-24;1-19-6-3-8-23(16-19)21-12-14-22(15-13-21)25-10-5-11-26(18-25)24-9-4-7-20(2)17-24/h2-22H,1H3;3-18H,1-2H3. The van der Waals surface area contributed by atoms with Crippen molar-refractivity contribution in [2.24, 2.45) is 0 Å². The highest BCUT2D eigenvalue weighted by atomic mass is 14.1. The van der Waals surface area contributed by atoms with Gasteiger partial charge in [0, 0.05) is 0 Å². The largest absolute Gasteiger partial charge is 0.0622 e. The monoisotopic (exact) mass is 730 g/mol. The molecule has 0 aliphatic rings. The molecule has 0 atom stereocenters. The first-order valence-corrected chi connectivity index (χ1v) is 19.7. The van der Waals surface area contributed by atoms with Crippen molar-refractivity contribution in [3.8, 4) is 77.9 Å². The lowest BCUT2D eigenvalue weighted by atomic mass is 9.95. The quantitative estimate of drug-likeness (QED) is 0.153. The summed E-state index contributed by atoms with van der Waals surface area (Å²) in [6, 6.07) is 80.6. The van der Waals surface area contributed by atoms with Crippen LogP contribution in [-0.2, 0) is 0 Å². The van der Waals surface area contributed by atoms with Crippen molar-refractivity contribution in [3.63, 3.8) is 0 Å². The van der Waals surface area contributed by atoms with Gasteiger partial charge in [-0.15, -0.1) is 0 Å². The predicted octanol–water partition coefficient (Wildman–Crippen LogP) is 16.0. The summed E-state index contributed by atoms with van der Waals surface area (Å²) in [6.45, 7) is 6.39. The molecule has 0 fully saturated rings. The minimum absolute atomic E-state index is 1.23. The molecular formula is C57H46. The molecule has 0 saturated heterocycles. The second kappa shape index (κ2) is 17.2. The molecule has 0 amide bonds. The lowest BCUT2D eigenvalue weighted by Gasteiger charge is -2.09. The average Bonchev–Trinajstić information content (AvgIpc) is 3.27. The van der Waals surface area contributed by atoms with E-state index in [2.05, 4.69) is 245 Å². The van der Waals surface area contributed by atoms with Crippen molar-refractivity contribution in [1.29, 1.82) is 0 Å². The molecule has 274 valence electrons. The second-order valence-corrected chi connectivity index (χ2v) is 14.9. The van der Waals surface area contributed by atoms with Crippen molar-refractivity contribution in [1.82, 2.24) is 0 Å². The molecule has 57 heavy (non-hydrogen) atoms. The molecular weight excluding hydrogens is 685 g/mol. The maximum atomic E-state index is 2.28. The van der Waals surface area contributed by atoms with Gasteiger partial charge in [0.2, 0.25) is 0 Å². The second-order valence-electron chi connectivity index (χ2n) is 14.9. The first kappa shape index (κ1) is 36.9. The molecule has 0 bridgehead atoms. The Morgan fingerprint density at radius 2 is 0.386 bits per heavy atom. The summed E-state index contributed by atoms with van der Waals surface area (Å²) in [6.07, 6.45) is 0. The summed E-state index contributed by atoms with van der Waals surface area (Å²) in [5, 5.41) is 0. The molecule has 0 unspecified atom stereocenters. The normalized spacial score (nSPS) is 10.7. The fraction of sp³-hybridized carbons (Fsp3) is 0.0526. The molecule has 9 aromatic rings. The van der Waals surface area contributed by atoms with Gasteiger partial charge in [0.05, 0.1) is 0 Å². The Balaban J connectivity index is 0.000000162. The zero-order valence-electron chi connectivity index (χ0n) is 32.9. The highest BCUT2D eigenvalue weighted by Gasteiger charge is 2.07. The van der Waals surface area contributed by atoms with E-state index in [4.69, 9.17) is 0 Å². The van der Waals surface area contributed by atoms with E-state index in [0.717, 1.165) is 0 Å². The van der Waals surface area contributed by atoms with Gasteiger partial charge < -0.3 is 0 Å². The van der Waals surface area contributed by atoms with Gasteiger partial charge >= 0.3 is 0 Å². The maximum Gasteiger partial charge on any atom is -0.0178 e. The molecule has 0 aliphatic heterocycles. The zero-order chi connectivity index (χ0) is 39.0. The van der Waals surface area contributed by atoms with Crippen LogP contribution in [0.3, 0.4) is 0 Å². The first-order valence-electron chi connectivity index (χ1n) is 19.7. The van der Waals surface area contributed by atoms with E-state index in [1.165, 1.54) is 94.6 Å². The van der Waals surface area contributed by atoms with Crippen molar-refractivity contribution >= 4 is 0 Å². The predicted molar refractivity (Wildman–Crippen MR) is 245 cm³/mol. The van der Waals surface area contributed by atoms with E-state index in [-0.39, 0.29) is 0 Å². The Morgan fingerprint density at radius 3 is 0.737 bits per heavy atom. The minimum Gasteiger partial charge on any atom is -0.0622 e. The smallest absolute Gasteiger partial charge is 0.0178 e. The third-order valence-corrected chi connectivity index (χ3v) is 10.6. The van der Waals surface area contributed by atoms with Crippen LogP contribution in [0.1, 0.15) is 16.7 Å². The molecule has 0 heteroatoms. The van der Waals surface area contributed by atoms with E-state index in [1.807, 2.05) is 0 Å². The van der Waals surface area contributed by atoms with Crippen molar-refractivity contribution in [2.45, 2.75) is 20.8 Å². The van der Waals surface area contributed by atoms with Gasteiger partial charge in [0.15, 0.2) is 0 Å². The third kappa shape index (κ3) is 9.10. The Kier molecular flexibility index (Phi) is 11.1. The van der Waals surface area contributed by atoms with Crippen LogP contribution in [0.25, 0.3) is 77.9 Å². The summed E-state index contributed by atoms with van der Waals surface area (Å²) in [5.41, 5.74) is 21.3. The fourth-order valence-corrected chi connectivity index (χ4v) is 7.37. The van der Waals surface area contributed by atoms with Crippen LogP contribution >= 0.6 is 0 Å². The molecule has 9 aromatic carbocycles. The summed E-state index contributed by atoms with van der Waals surface area (Å²) >= 11 is 0. The summed E-state index contributed by atoms with van der Waals surface area (Å²) in [5.74, 6) is 0. The van der Waals surface area contributed by atoms with E-state index in [0.29, 0.717) is 0 Å². The van der Waals surface area contributed by atoms with Gasteiger partial charge in [-0.1, -0.05) is 223 Å². The summed E-state index contributed by atoms with van der Waals surface area (Å²) in [7, 11) is 0. The third-order valence-electron chi connectivity index (χ3n) is 10.6. The molecule has 0 saturated carbocycles. The van der Waals surface area contributed by atoms with E-state index in [9.17, 15) is 0 Å². The van der Waals surface area contributed by atoms with Crippen LogP contribution < -0.4 is 0 Å². The number of aryl methyl sites for hydroxylation is 3. The molecule has 0 spiro atoms. The topological polar surface area (TPSA) is 0 Å². The van der Waals surface area contributed by atoms with Gasteiger partial charge in [0.25, 0.3) is 0 Å². The lowest BCUT2D eigenvalue weighted by Crippen LogP contribution is -1.84. The molecule has 0 nitrogen and oxygen atoms in total. The van der Waals surface area contributed by atoms with Crippen molar-refractivity contribution in [3.05, 3.63) is 241 Å². The van der Waals surface area contributed by atoms with Crippen LogP contribution in [-0.4, -0.2) is 0 Å². The van der Waals surface area contributed by atoms with Gasteiger partial charge in [0.1, 0.15) is 0 Å². The zero-order valence-corrected chi connectivity index (χ0v) is 32.9. The van der Waals surface area contributed by atoms with Crippen LogP contribution in [0, 0.1) is 20.8 Å². The van der Waals surface area contributed by atoms with E-state index < -0.39 is 0 Å². The average molecular weight is 731 g/mol. The molecule has 0 aromatic heterocycles. The number of hydrogen-bond acceptors (Lipinski definition) is 0. The van der Waals surface area contributed by atoms with Crippen LogP contribution in [0.4, 0.5) is 0 Å².